The van der Waals surface area contributed by atoms with E-state index >= 15 is 0 Å². The molecule has 0 aliphatic carbocycles. The van der Waals surface area contributed by atoms with Gasteiger partial charge in [-0.2, -0.15) is 0 Å². The van der Waals surface area contributed by atoms with Gasteiger partial charge in [0.05, 0.1) is 18.8 Å². The quantitative estimate of drug-likeness (QED) is 0.628. The smallest absolute Gasteiger partial charge is 0.278 e. The molecule has 1 fully saturated rings. The average Bonchev–Trinajstić information content (AvgIpc) is 3.06. The van der Waals surface area contributed by atoms with Crippen LogP contribution in [-0.2, 0) is 14.3 Å². The maximum atomic E-state index is 13.5. The van der Waals surface area contributed by atoms with Gasteiger partial charge in [0.15, 0.2) is 0 Å². The zero-order chi connectivity index (χ0) is 22.7. The standard InChI is InChI=1S/C26H31N3O3/c1-19-10-11-21(18-20(19)2)23-24(27(3)22-8-5-4-6-9-22)26(31)29(25(23)30)13-7-12-28-14-16-32-17-15-28/h4-6,8-11,18H,7,12-17H2,1-3H3. The highest BCUT2D eigenvalue weighted by molar-refractivity contribution is 6.36. The number of amides is 2. The second-order valence-corrected chi connectivity index (χ2v) is 8.49. The topological polar surface area (TPSA) is 53.1 Å². The summed E-state index contributed by atoms with van der Waals surface area (Å²) in [5.41, 5.74) is 4.85. The lowest BCUT2D eigenvalue weighted by molar-refractivity contribution is -0.137. The predicted octanol–water partition coefficient (Wildman–Crippen LogP) is 3.24. The summed E-state index contributed by atoms with van der Waals surface area (Å²) in [6.45, 7) is 8.62. The summed E-state index contributed by atoms with van der Waals surface area (Å²) in [6, 6.07) is 15.7. The maximum absolute atomic E-state index is 13.5. The van der Waals surface area contributed by atoms with Crippen molar-refractivity contribution >= 4 is 23.1 Å². The molecule has 6 heteroatoms. The Balaban J connectivity index is 1.62. The number of para-hydroxylation sites is 1. The Morgan fingerprint density at radius 3 is 2.31 bits per heavy atom. The molecule has 0 saturated carbocycles. The molecular formula is C26H31N3O3. The second-order valence-electron chi connectivity index (χ2n) is 8.49. The van der Waals surface area contributed by atoms with Crippen molar-refractivity contribution in [3.8, 4) is 0 Å². The molecule has 2 amide bonds. The minimum Gasteiger partial charge on any atom is -0.379 e. The van der Waals surface area contributed by atoms with Crippen molar-refractivity contribution in [3.63, 3.8) is 0 Å². The van der Waals surface area contributed by atoms with Crippen LogP contribution in [0.4, 0.5) is 5.69 Å². The van der Waals surface area contributed by atoms with E-state index in [2.05, 4.69) is 4.90 Å². The Morgan fingerprint density at radius 2 is 1.62 bits per heavy atom. The van der Waals surface area contributed by atoms with Crippen LogP contribution in [0, 0.1) is 13.8 Å². The van der Waals surface area contributed by atoms with Gasteiger partial charge >= 0.3 is 0 Å². The molecule has 1 saturated heterocycles. The fourth-order valence-electron chi connectivity index (χ4n) is 4.29. The van der Waals surface area contributed by atoms with E-state index in [9.17, 15) is 9.59 Å². The van der Waals surface area contributed by atoms with Gasteiger partial charge in [0, 0.05) is 38.9 Å². The molecule has 4 rings (SSSR count). The molecule has 2 aliphatic heterocycles. The summed E-state index contributed by atoms with van der Waals surface area (Å²) in [6.07, 6.45) is 0.750. The van der Waals surface area contributed by atoms with E-state index in [0.29, 0.717) is 17.8 Å². The lowest BCUT2D eigenvalue weighted by atomic mass is 9.99. The second kappa shape index (κ2) is 9.67. The molecule has 168 valence electrons. The molecule has 2 aromatic rings. The Kier molecular flexibility index (Phi) is 6.72. The molecule has 0 radical (unpaired) electrons. The van der Waals surface area contributed by atoms with Crippen LogP contribution >= 0.6 is 0 Å². The van der Waals surface area contributed by atoms with E-state index in [1.165, 1.54) is 4.90 Å². The van der Waals surface area contributed by atoms with E-state index in [4.69, 9.17) is 4.74 Å². The van der Waals surface area contributed by atoms with Crippen LogP contribution in [0.25, 0.3) is 5.57 Å². The van der Waals surface area contributed by atoms with Gasteiger partial charge in [-0.25, -0.2) is 0 Å². The van der Waals surface area contributed by atoms with Crippen molar-refractivity contribution in [2.45, 2.75) is 20.3 Å². The first-order valence-electron chi connectivity index (χ1n) is 11.2. The third kappa shape index (κ3) is 4.47. The molecule has 0 atom stereocenters. The van der Waals surface area contributed by atoms with Crippen LogP contribution in [0.5, 0.6) is 0 Å². The summed E-state index contributed by atoms with van der Waals surface area (Å²) in [5.74, 6) is -0.436. The van der Waals surface area contributed by atoms with Crippen molar-refractivity contribution < 1.29 is 14.3 Å². The van der Waals surface area contributed by atoms with Gasteiger partial charge in [0.1, 0.15) is 5.70 Å². The van der Waals surface area contributed by atoms with E-state index < -0.39 is 0 Å². The van der Waals surface area contributed by atoms with Crippen LogP contribution in [0.3, 0.4) is 0 Å². The fourth-order valence-corrected chi connectivity index (χ4v) is 4.29. The normalized spacial score (nSPS) is 17.4. The maximum Gasteiger partial charge on any atom is 0.278 e. The van der Waals surface area contributed by atoms with Crippen LogP contribution in [0.2, 0.25) is 0 Å². The average molecular weight is 434 g/mol. The highest BCUT2D eigenvalue weighted by Gasteiger charge is 2.40. The van der Waals surface area contributed by atoms with E-state index in [1.807, 2.05) is 74.3 Å². The van der Waals surface area contributed by atoms with E-state index in [-0.39, 0.29) is 11.8 Å². The third-order valence-corrected chi connectivity index (χ3v) is 6.38. The molecule has 2 aliphatic rings. The van der Waals surface area contributed by atoms with Crippen LogP contribution in [-0.4, -0.2) is 68.1 Å². The number of hydrogen-bond donors (Lipinski definition) is 0. The highest BCUT2D eigenvalue weighted by Crippen LogP contribution is 2.34. The minimum atomic E-state index is -0.225. The number of carbonyl (C=O) groups is 2. The number of likely N-dealkylation sites (N-methyl/N-ethyl adjacent to an activating group) is 1. The molecule has 6 nitrogen and oxygen atoms in total. The molecule has 0 bridgehead atoms. The molecular weight excluding hydrogens is 402 g/mol. The number of rotatable bonds is 7. The fraction of sp³-hybridized carbons (Fsp3) is 0.385. The molecule has 2 heterocycles. The Hall–Kier alpha value is -2.96. The minimum absolute atomic E-state index is 0.210. The molecule has 0 spiro atoms. The van der Waals surface area contributed by atoms with Crippen molar-refractivity contribution in [2.24, 2.45) is 0 Å². The van der Waals surface area contributed by atoms with Gasteiger partial charge in [-0.3, -0.25) is 19.4 Å². The summed E-state index contributed by atoms with van der Waals surface area (Å²) < 4.78 is 5.40. The first kappa shape index (κ1) is 22.2. The lowest BCUT2D eigenvalue weighted by Gasteiger charge is -2.27. The number of aryl methyl sites for hydroxylation is 2. The molecule has 0 unspecified atom stereocenters. The van der Waals surface area contributed by atoms with Crippen LogP contribution < -0.4 is 4.90 Å². The van der Waals surface area contributed by atoms with Gasteiger partial charge in [-0.05, 0) is 49.1 Å². The first-order valence-corrected chi connectivity index (χ1v) is 11.2. The Bertz CT molecular complexity index is 1030. The number of anilines is 1. The Labute approximate surface area is 190 Å². The SMILES string of the molecule is Cc1ccc(C2=C(N(C)c3ccccc3)C(=O)N(CCCN3CCOCC3)C2=O)cc1C. The number of imide groups is 1. The van der Waals surface area contributed by atoms with Crippen LogP contribution in [0.1, 0.15) is 23.1 Å². The first-order chi connectivity index (χ1) is 15.5. The van der Waals surface area contributed by atoms with Crippen LogP contribution in [0.15, 0.2) is 54.2 Å². The van der Waals surface area contributed by atoms with Gasteiger partial charge < -0.3 is 9.64 Å². The predicted molar refractivity (Wildman–Crippen MR) is 126 cm³/mol. The van der Waals surface area contributed by atoms with Crippen molar-refractivity contribution in [2.75, 3.05) is 51.3 Å². The van der Waals surface area contributed by atoms with Gasteiger partial charge in [0.25, 0.3) is 11.8 Å². The number of morpholine rings is 1. The van der Waals surface area contributed by atoms with E-state index in [1.54, 1.807) is 0 Å². The van der Waals surface area contributed by atoms with Gasteiger partial charge in [-0.1, -0.05) is 36.4 Å². The summed E-state index contributed by atoms with van der Waals surface area (Å²) >= 11 is 0. The monoisotopic (exact) mass is 433 g/mol. The molecule has 2 aromatic carbocycles. The number of carbonyl (C=O) groups excluding carboxylic acids is 2. The zero-order valence-electron chi connectivity index (χ0n) is 19.1. The number of ether oxygens (including phenoxy) is 1. The van der Waals surface area contributed by atoms with Crippen molar-refractivity contribution in [1.29, 1.82) is 0 Å². The van der Waals surface area contributed by atoms with Crippen molar-refractivity contribution in [1.82, 2.24) is 9.80 Å². The number of nitrogens with zero attached hydrogens (tertiary/aromatic N) is 3. The third-order valence-electron chi connectivity index (χ3n) is 6.38. The highest BCUT2D eigenvalue weighted by atomic mass is 16.5. The number of hydrogen-bond acceptors (Lipinski definition) is 5. The summed E-state index contributed by atoms with van der Waals surface area (Å²) in [7, 11) is 1.86. The van der Waals surface area contributed by atoms with E-state index in [0.717, 1.165) is 61.6 Å². The molecule has 0 N–H and O–H groups in total. The molecule has 32 heavy (non-hydrogen) atoms. The summed E-state index contributed by atoms with van der Waals surface area (Å²) in [5, 5.41) is 0. The zero-order valence-corrected chi connectivity index (χ0v) is 19.1. The van der Waals surface area contributed by atoms with Gasteiger partial charge in [0.2, 0.25) is 0 Å². The number of benzene rings is 2. The summed E-state index contributed by atoms with van der Waals surface area (Å²) in [4.78, 5) is 32.6. The molecule has 0 aromatic heterocycles. The van der Waals surface area contributed by atoms with Crippen molar-refractivity contribution in [3.05, 3.63) is 70.9 Å². The largest absolute Gasteiger partial charge is 0.379 e. The van der Waals surface area contributed by atoms with Gasteiger partial charge in [-0.15, -0.1) is 0 Å². The Morgan fingerprint density at radius 1 is 0.906 bits per heavy atom. The lowest BCUT2D eigenvalue weighted by Crippen LogP contribution is -2.40.